The van der Waals surface area contributed by atoms with Crippen LogP contribution in [0.3, 0.4) is 0 Å². The van der Waals surface area contributed by atoms with Crippen molar-refractivity contribution < 1.29 is 26.7 Å². The van der Waals surface area contributed by atoms with E-state index >= 15 is 0 Å². The Labute approximate surface area is 163 Å². The van der Waals surface area contributed by atoms with Crippen molar-refractivity contribution in [1.29, 1.82) is 0 Å². The largest absolute Gasteiger partial charge is 0.434 e. The lowest BCUT2D eigenvalue weighted by Gasteiger charge is -2.14. The maximum absolute atomic E-state index is 12.5. The summed E-state index contributed by atoms with van der Waals surface area (Å²) in [6.07, 6.45) is 0. The molecule has 0 saturated heterocycles. The highest BCUT2D eigenvalue weighted by Crippen LogP contribution is 2.20. The second-order valence-corrected chi connectivity index (χ2v) is 8.11. The van der Waals surface area contributed by atoms with Crippen molar-refractivity contribution in [3.63, 3.8) is 0 Å². The molecule has 0 saturated carbocycles. The van der Waals surface area contributed by atoms with Crippen LogP contribution in [0.25, 0.3) is 0 Å². The third-order valence-electron chi connectivity index (χ3n) is 3.67. The smallest absolute Gasteiger partial charge is 0.387 e. The summed E-state index contributed by atoms with van der Waals surface area (Å²) in [4.78, 5) is 12.4. The van der Waals surface area contributed by atoms with Crippen LogP contribution in [0.2, 0.25) is 0 Å². The Hall–Kier alpha value is -2.52. The lowest BCUT2D eigenvalue weighted by Crippen LogP contribution is -2.32. The van der Waals surface area contributed by atoms with Crippen LogP contribution in [0.15, 0.2) is 48.5 Å². The predicted molar refractivity (Wildman–Crippen MR) is 102 cm³/mol. The number of ether oxygens (including phenoxy) is 1. The van der Waals surface area contributed by atoms with Crippen LogP contribution in [0.5, 0.6) is 5.75 Å². The van der Waals surface area contributed by atoms with Crippen LogP contribution in [-0.4, -0.2) is 27.0 Å². The van der Waals surface area contributed by atoms with Crippen molar-refractivity contribution in [2.24, 2.45) is 0 Å². The number of para-hydroxylation sites is 1. The van der Waals surface area contributed by atoms with E-state index in [1.54, 1.807) is 38.1 Å². The van der Waals surface area contributed by atoms with Crippen molar-refractivity contribution in [1.82, 2.24) is 10.0 Å². The molecule has 2 rings (SSSR count). The van der Waals surface area contributed by atoms with Gasteiger partial charge in [0.25, 0.3) is 5.91 Å². The molecule has 2 N–H and O–H groups in total. The lowest BCUT2D eigenvalue weighted by molar-refractivity contribution is -0.0501. The van der Waals surface area contributed by atoms with E-state index in [1.165, 1.54) is 24.3 Å². The Kier molecular flexibility index (Phi) is 7.47. The number of nitrogens with one attached hydrogen (secondary N) is 2. The third-order valence-corrected chi connectivity index (χ3v) is 5.19. The van der Waals surface area contributed by atoms with Gasteiger partial charge < -0.3 is 10.1 Å². The molecule has 152 valence electrons. The molecule has 9 heteroatoms. The van der Waals surface area contributed by atoms with Crippen molar-refractivity contribution in [3.05, 3.63) is 65.2 Å². The summed E-state index contributed by atoms with van der Waals surface area (Å²) in [6, 6.07) is 12.2. The molecule has 0 aliphatic carbocycles. The monoisotopic (exact) mass is 412 g/mol. The summed E-state index contributed by atoms with van der Waals surface area (Å²) in [5, 5.41) is 2.62. The quantitative estimate of drug-likeness (QED) is 0.663. The molecule has 1 amide bonds. The first kappa shape index (κ1) is 21.8. The SMILES string of the molecule is CC(C)NS(=O)(=O)Cc1ccccc1CNC(=O)c1ccccc1OC(F)F. The van der Waals surface area contributed by atoms with Gasteiger partial charge in [-0.05, 0) is 37.1 Å². The minimum Gasteiger partial charge on any atom is -0.434 e. The van der Waals surface area contributed by atoms with E-state index < -0.39 is 22.5 Å². The molecule has 2 aromatic carbocycles. The molecular weight excluding hydrogens is 390 g/mol. The van der Waals surface area contributed by atoms with E-state index in [2.05, 4.69) is 14.8 Å². The number of halogens is 2. The van der Waals surface area contributed by atoms with Crippen LogP contribution in [0.4, 0.5) is 8.78 Å². The van der Waals surface area contributed by atoms with Gasteiger partial charge in [-0.15, -0.1) is 0 Å². The van der Waals surface area contributed by atoms with Gasteiger partial charge in [0.15, 0.2) is 0 Å². The summed E-state index contributed by atoms with van der Waals surface area (Å²) in [6.45, 7) is 0.439. The molecule has 0 unspecified atom stereocenters. The highest BCUT2D eigenvalue weighted by atomic mass is 32.2. The Morgan fingerprint density at radius 1 is 1.04 bits per heavy atom. The fourth-order valence-corrected chi connectivity index (χ4v) is 4.09. The predicted octanol–water partition coefficient (Wildman–Crippen LogP) is 3.05. The van der Waals surface area contributed by atoms with Gasteiger partial charge in [-0.25, -0.2) is 13.1 Å². The molecule has 0 aliphatic heterocycles. The molecule has 0 heterocycles. The first-order valence-corrected chi connectivity index (χ1v) is 10.2. The summed E-state index contributed by atoms with van der Waals surface area (Å²) in [5.41, 5.74) is 1.11. The number of hydrogen-bond donors (Lipinski definition) is 2. The second kappa shape index (κ2) is 9.61. The molecule has 0 atom stereocenters. The molecule has 0 radical (unpaired) electrons. The molecule has 0 aromatic heterocycles. The van der Waals surface area contributed by atoms with Crippen molar-refractivity contribution in [3.8, 4) is 5.75 Å². The van der Waals surface area contributed by atoms with Gasteiger partial charge in [0.1, 0.15) is 5.75 Å². The van der Waals surface area contributed by atoms with Crippen molar-refractivity contribution in [2.75, 3.05) is 0 Å². The molecular formula is C19H22F2N2O4S. The fourth-order valence-electron chi connectivity index (χ4n) is 2.60. The molecule has 0 spiro atoms. The number of carbonyl (C=O) groups excluding carboxylic acids is 1. The Morgan fingerprint density at radius 3 is 2.29 bits per heavy atom. The first-order valence-electron chi connectivity index (χ1n) is 8.57. The molecule has 0 fully saturated rings. The number of hydrogen-bond acceptors (Lipinski definition) is 4. The highest BCUT2D eigenvalue weighted by molar-refractivity contribution is 7.88. The fraction of sp³-hybridized carbons (Fsp3) is 0.316. The maximum atomic E-state index is 12.5. The highest BCUT2D eigenvalue weighted by Gasteiger charge is 2.17. The van der Waals surface area contributed by atoms with E-state index in [4.69, 9.17) is 0 Å². The number of sulfonamides is 1. The van der Waals surface area contributed by atoms with Gasteiger partial charge >= 0.3 is 6.61 Å². The van der Waals surface area contributed by atoms with Gasteiger partial charge in [-0.1, -0.05) is 36.4 Å². The van der Waals surface area contributed by atoms with Gasteiger partial charge in [0, 0.05) is 12.6 Å². The number of carbonyl (C=O) groups is 1. The average molecular weight is 412 g/mol. The van der Waals surface area contributed by atoms with Gasteiger partial charge in [0.05, 0.1) is 11.3 Å². The summed E-state index contributed by atoms with van der Waals surface area (Å²) in [7, 11) is -3.53. The zero-order chi connectivity index (χ0) is 20.7. The van der Waals surface area contributed by atoms with Crippen LogP contribution in [0, 0.1) is 0 Å². The Bertz CT molecular complexity index is 918. The second-order valence-electron chi connectivity index (χ2n) is 6.36. The minimum atomic E-state index is -3.53. The van der Waals surface area contributed by atoms with E-state index in [1.807, 2.05) is 0 Å². The summed E-state index contributed by atoms with van der Waals surface area (Å²) >= 11 is 0. The van der Waals surface area contributed by atoms with E-state index in [0.29, 0.717) is 11.1 Å². The van der Waals surface area contributed by atoms with Crippen molar-refractivity contribution >= 4 is 15.9 Å². The minimum absolute atomic E-state index is 0.0330. The first-order chi connectivity index (χ1) is 13.2. The molecule has 0 aliphatic rings. The summed E-state index contributed by atoms with van der Waals surface area (Å²) in [5.74, 6) is -1.07. The van der Waals surface area contributed by atoms with Crippen LogP contribution in [0.1, 0.15) is 35.3 Å². The topological polar surface area (TPSA) is 84.5 Å². The van der Waals surface area contributed by atoms with Gasteiger partial charge in [0.2, 0.25) is 10.0 Å². The molecule has 6 nitrogen and oxygen atoms in total. The number of benzene rings is 2. The van der Waals surface area contributed by atoms with Crippen LogP contribution in [-0.2, 0) is 22.3 Å². The Balaban J connectivity index is 2.13. The standard InChI is InChI=1S/C19H22F2N2O4S/c1-13(2)23-28(25,26)12-15-8-4-3-7-14(15)11-22-18(24)16-9-5-6-10-17(16)27-19(20)21/h3-10,13,19,23H,11-12H2,1-2H3,(H,22,24). The average Bonchev–Trinajstić information content (AvgIpc) is 2.59. The maximum Gasteiger partial charge on any atom is 0.387 e. The van der Waals surface area contributed by atoms with E-state index in [9.17, 15) is 22.0 Å². The normalized spacial score (nSPS) is 11.6. The molecule has 2 aromatic rings. The third kappa shape index (κ3) is 6.58. The zero-order valence-electron chi connectivity index (χ0n) is 15.5. The number of alkyl halides is 2. The van der Waals surface area contributed by atoms with Crippen molar-refractivity contribution in [2.45, 2.75) is 38.8 Å². The Morgan fingerprint density at radius 2 is 1.64 bits per heavy atom. The zero-order valence-corrected chi connectivity index (χ0v) is 16.3. The lowest BCUT2D eigenvalue weighted by atomic mass is 10.1. The molecule has 28 heavy (non-hydrogen) atoms. The van der Waals surface area contributed by atoms with Gasteiger partial charge in [-0.3, -0.25) is 4.79 Å². The van der Waals surface area contributed by atoms with Crippen LogP contribution < -0.4 is 14.8 Å². The van der Waals surface area contributed by atoms with Gasteiger partial charge in [-0.2, -0.15) is 8.78 Å². The van der Waals surface area contributed by atoms with E-state index in [-0.39, 0.29) is 29.7 Å². The number of amides is 1. The number of rotatable bonds is 9. The van der Waals surface area contributed by atoms with E-state index in [0.717, 1.165) is 0 Å². The molecule has 0 bridgehead atoms. The summed E-state index contributed by atoms with van der Waals surface area (Å²) < 4.78 is 56.2. The van der Waals surface area contributed by atoms with Crippen LogP contribution >= 0.6 is 0 Å².